The number of piperazine rings is 1. The molecule has 3 saturated heterocycles. The molecule has 5 aromatic heterocycles. The van der Waals surface area contributed by atoms with Gasteiger partial charge in [-0.1, -0.05) is 12.1 Å². The first-order valence-electron chi connectivity index (χ1n) is 14.4. The first-order valence-corrected chi connectivity index (χ1v) is 14.4. The van der Waals surface area contributed by atoms with Crippen molar-refractivity contribution in [3.63, 3.8) is 0 Å². The first-order chi connectivity index (χ1) is 20.8. The third-order valence-electron chi connectivity index (χ3n) is 8.59. The second-order valence-corrected chi connectivity index (χ2v) is 12.0. The number of hydrogen-bond donors (Lipinski definition) is 1. The number of piperidine rings is 1. The van der Waals surface area contributed by atoms with E-state index in [2.05, 4.69) is 55.2 Å². The van der Waals surface area contributed by atoms with Crippen LogP contribution in [0, 0.1) is 11.3 Å². The van der Waals surface area contributed by atoms with Gasteiger partial charge < -0.3 is 15.4 Å². The Labute approximate surface area is 250 Å². The van der Waals surface area contributed by atoms with E-state index in [-0.39, 0.29) is 0 Å². The molecule has 10 heteroatoms. The first kappa shape index (κ1) is 27.0. The Bertz CT molecular complexity index is 1810. The summed E-state index contributed by atoms with van der Waals surface area (Å²) in [7, 11) is 1.64. The highest BCUT2D eigenvalue weighted by Gasteiger charge is 2.44. The summed E-state index contributed by atoms with van der Waals surface area (Å²) in [5.74, 6) is 1.61. The summed E-state index contributed by atoms with van der Waals surface area (Å²) in [4.78, 5) is 18.8. The van der Waals surface area contributed by atoms with E-state index in [1.807, 2.05) is 56.8 Å². The van der Waals surface area contributed by atoms with Crippen molar-refractivity contribution in [2.75, 3.05) is 25.1 Å². The van der Waals surface area contributed by atoms with E-state index in [4.69, 9.17) is 15.5 Å². The molecule has 0 radical (unpaired) electrons. The van der Waals surface area contributed by atoms with Gasteiger partial charge in [-0.2, -0.15) is 10.4 Å². The van der Waals surface area contributed by atoms with Crippen molar-refractivity contribution < 1.29 is 4.74 Å². The Hall–Kier alpha value is -4.85. The molecule has 0 amide bonds. The van der Waals surface area contributed by atoms with Crippen LogP contribution in [-0.4, -0.2) is 61.7 Å². The lowest BCUT2D eigenvalue weighted by molar-refractivity contribution is -0.00876. The Morgan fingerprint density at radius 1 is 0.953 bits per heavy atom. The van der Waals surface area contributed by atoms with Crippen LogP contribution in [0.4, 0.5) is 5.82 Å². The molecule has 0 spiro atoms. The van der Waals surface area contributed by atoms with Crippen LogP contribution in [0.2, 0.25) is 0 Å². The number of nitrogens with two attached hydrogens (primary N) is 1. The molecule has 10 nitrogen and oxygen atoms in total. The predicted octanol–water partition coefficient (Wildman–Crippen LogP) is 4.39. The molecule has 3 fully saturated rings. The summed E-state index contributed by atoms with van der Waals surface area (Å²) >= 11 is 0. The molecule has 2 N–H and O–H groups in total. The molecule has 2 atom stereocenters. The molecular weight excluding hydrogens is 538 g/mol. The van der Waals surface area contributed by atoms with E-state index >= 15 is 0 Å². The van der Waals surface area contributed by atoms with Crippen molar-refractivity contribution in [3.8, 4) is 34.2 Å². The van der Waals surface area contributed by atoms with Crippen LogP contribution in [-0.2, 0) is 12.1 Å². The minimum absolute atomic E-state index is 0.494. The van der Waals surface area contributed by atoms with Gasteiger partial charge in [0.05, 0.1) is 35.6 Å². The van der Waals surface area contributed by atoms with Crippen LogP contribution in [0.3, 0.4) is 0 Å². The van der Waals surface area contributed by atoms with Gasteiger partial charge in [-0.3, -0.25) is 9.88 Å². The summed E-state index contributed by atoms with van der Waals surface area (Å²) < 4.78 is 6.96. The van der Waals surface area contributed by atoms with E-state index in [9.17, 15) is 5.26 Å². The van der Waals surface area contributed by atoms with Gasteiger partial charge in [0.1, 0.15) is 11.9 Å². The summed E-state index contributed by atoms with van der Waals surface area (Å²) in [6, 6.07) is 17.5. The maximum absolute atomic E-state index is 9.81. The number of aromatic nitrogens is 5. The lowest BCUT2D eigenvalue weighted by Gasteiger charge is -2.56. The predicted molar refractivity (Wildman–Crippen MR) is 164 cm³/mol. The number of ether oxygens (including phenoxy) is 1. The number of nitrogens with zero attached hydrogens (tertiary/aromatic N) is 8. The summed E-state index contributed by atoms with van der Waals surface area (Å²) in [5, 5.41) is 14.3. The smallest absolute Gasteiger partial charge is 0.212 e. The largest absolute Gasteiger partial charge is 0.481 e. The number of methoxy groups -OCH3 is 1. The van der Waals surface area contributed by atoms with Crippen molar-refractivity contribution in [2.45, 2.75) is 44.4 Å². The van der Waals surface area contributed by atoms with Gasteiger partial charge in [0, 0.05) is 84.8 Å². The average molecular weight is 572 g/mol. The maximum atomic E-state index is 9.81. The maximum Gasteiger partial charge on any atom is 0.212 e. The fourth-order valence-corrected chi connectivity index (χ4v) is 6.23. The van der Waals surface area contributed by atoms with E-state index in [0.717, 1.165) is 58.9 Å². The van der Waals surface area contributed by atoms with Gasteiger partial charge in [0.15, 0.2) is 0 Å². The highest BCUT2D eigenvalue weighted by atomic mass is 16.5. The van der Waals surface area contributed by atoms with Gasteiger partial charge in [0.25, 0.3) is 0 Å². The quantitative estimate of drug-likeness (QED) is 0.303. The van der Waals surface area contributed by atoms with Gasteiger partial charge in [-0.25, -0.2) is 14.5 Å². The minimum atomic E-state index is -0.522. The number of hydrogen-bond acceptors (Lipinski definition) is 9. The summed E-state index contributed by atoms with van der Waals surface area (Å²) in [6.45, 7) is 6.65. The number of pyridine rings is 4. The molecule has 43 heavy (non-hydrogen) atoms. The lowest BCUT2D eigenvalue weighted by Crippen LogP contribution is -2.68. The standard InChI is InChI=1S/C33H33N9O/c1-33(2,35)29-7-5-22(14-36-29)24-10-28(32-25(12-34)16-39-42(32)18-24)23-6-8-30(37-15-23)40-19-26-11-27(20-40)41(26)17-21-4-9-31(43-3)38-13-21/h4-10,13-16,18,26-27H,11,17,19-20,35H2,1-3H3. The normalized spacial score (nSPS) is 18.3. The van der Waals surface area contributed by atoms with Gasteiger partial charge in [-0.15, -0.1) is 0 Å². The number of anilines is 1. The Kier molecular flexibility index (Phi) is 6.57. The molecular formula is C33H33N9O. The van der Waals surface area contributed by atoms with Crippen molar-refractivity contribution in [1.29, 1.82) is 5.26 Å². The van der Waals surface area contributed by atoms with Crippen molar-refractivity contribution in [3.05, 3.63) is 90.3 Å². The third-order valence-corrected chi connectivity index (χ3v) is 8.59. The zero-order chi connectivity index (χ0) is 29.7. The second-order valence-electron chi connectivity index (χ2n) is 12.0. The van der Waals surface area contributed by atoms with Gasteiger partial charge in [-0.05, 0) is 50.1 Å². The summed E-state index contributed by atoms with van der Waals surface area (Å²) in [5.41, 5.74) is 12.7. The molecule has 0 aliphatic carbocycles. The molecule has 216 valence electrons. The molecule has 2 bridgehead atoms. The SMILES string of the molecule is COc1ccc(CN2C3CC2CN(c2ccc(-c4cc(-c5ccc(C(C)(C)N)nc5)cn5ncc(C#N)c45)cn2)C3)cn1. The fraction of sp³-hybridized carbons (Fsp3) is 0.303. The molecule has 2 unspecified atom stereocenters. The molecule has 8 rings (SSSR count). The van der Waals surface area contributed by atoms with Gasteiger partial charge >= 0.3 is 0 Å². The van der Waals surface area contributed by atoms with E-state index in [1.54, 1.807) is 17.8 Å². The monoisotopic (exact) mass is 571 g/mol. The second kappa shape index (κ2) is 10.5. The number of nitriles is 1. The van der Waals surface area contributed by atoms with E-state index < -0.39 is 5.54 Å². The van der Waals surface area contributed by atoms with Crippen molar-refractivity contribution >= 4 is 11.3 Å². The van der Waals surface area contributed by atoms with Crippen LogP contribution in [0.15, 0.2) is 73.4 Å². The van der Waals surface area contributed by atoms with Gasteiger partial charge in [0.2, 0.25) is 5.88 Å². The Morgan fingerprint density at radius 3 is 2.37 bits per heavy atom. The Morgan fingerprint density at radius 2 is 1.74 bits per heavy atom. The summed E-state index contributed by atoms with van der Waals surface area (Å²) in [6.07, 6.45) is 10.4. The van der Waals surface area contributed by atoms with Crippen LogP contribution in [0.1, 0.15) is 37.1 Å². The highest BCUT2D eigenvalue weighted by molar-refractivity contribution is 5.87. The zero-order valence-electron chi connectivity index (χ0n) is 24.5. The van der Waals surface area contributed by atoms with E-state index in [1.165, 1.54) is 12.0 Å². The van der Waals surface area contributed by atoms with E-state index in [0.29, 0.717) is 23.5 Å². The molecule has 3 aliphatic heterocycles. The average Bonchev–Trinajstić information content (AvgIpc) is 3.46. The molecule has 0 aromatic carbocycles. The zero-order valence-corrected chi connectivity index (χ0v) is 24.5. The topological polar surface area (TPSA) is 121 Å². The van der Waals surface area contributed by atoms with Crippen LogP contribution in [0.5, 0.6) is 5.88 Å². The molecule has 8 heterocycles. The number of fused-ring (bicyclic) bond motifs is 3. The highest BCUT2D eigenvalue weighted by Crippen LogP contribution is 2.37. The fourth-order valence-electron chi connectivity index (χ4n) is 6.23. The minimum Gasteiger partial charge on any atom is -0.481 e. The molecule has 5 aromatic rings. The van der Waals surface area contributed by atoms with Crippen molar-refractivity contribution in [2.24, 2.45) is 5.73 Å². The number of rotatable bonds is 7. The lowest BCUT2D eigenvalue weighted by atomic mass is 9.87. The van der Waals surface area contributed by atoms with Crippen LogP contribution < -0.4 is 15.4 Å². The van der Waals surface area contributed by atoms with Crippen LogP contribution >= 0.6 is 0 Å². The van der Waals surface area contributed by atoms with Crippen molar-refractivity contribution in [1.82, 2.24) is 29.5 Å². The Balaban J connectivity index is 1.13. The van der Waals surface area contributed by atoms with Crippen LogP contribution in [0.25, 0.3) is 27.8 Å². The molecule has 3 aliphatic rings. The third kappa shape index (κ3) is 4.96. The molecule has 0 saturated carbocycles.